The standard InChI is InChI=1S/C11H17BrN2O2S.ClH/c1-2-7-13-8-9-14-17(15,16)11-6-4-3-5-10(11)12;/h3-6,13-14H,2,7-9H2,1H3;1H. The molecule has 4 nitrogen and oxygen atoms in total. The monoisotopic (exact) mass is 356 g/mol. The predicted molar refractivity (Wildman–Crippen MR) is 79.7 cm³/mol. The van der Waals surface area contributed by atoms with Crippen LogP contribution in [-0.4, -0.2) is 28.1 Å². The first-order chi connectivity index (χ1) is 8.08. The summed E-state index contributed by atoms with van der Waals surface area (Å²) in [7, 11) is -3.42. The number of hydrogen-bond donors (Lipinski definition) is 2. The van der Waals surface area contributed by atoms with E-state index in [1.807, 2.05) is 0 Å². The molecule has 0 unspecified atom stereocenters. The Morgan fingerprint density at radius 3 is 2.44 bits per heavy atom. The Hall–Kier alpha value is -0.140. The lowest BCUT2D eigenvalue weighted by atomic mass is 10.4. The third-order valence-corrected chi connectivity index (χ3v) is 4.62. The van der Waals surface area contributed by atoms with E-state index in [4.69, 9.17) is 0 Å². The summed E-state index contributed by atoms with van der Waals surface area (Å²) in [5.41, 5.74) is 0. The fourth-order valence-corrected chi connectivity index (χ4v) is 3.35. The van der Waals surface area contributed by atoms with Gasteiger partial charge in [-0.05, 0) is 41.0 Å². The molecule has 0 aliphatic carbocycles. The second-order valence-corrected chi connectivity index (χ2v) is 6.17. The van der Waals surface area contributed by atoms with Gasteiger partial charge in [0, 0.05) is 17.6 Å². The van der Waals surface area contributed by atoms with E-state index < -0.39 is 10.0 Å². The van der Waals surface area contributed by atoms with Crippen LogP contribution < -0.4 is 10.0 Å². The second-order valence-electron chi connectivity index (χ2n) is 3.58. The Kier molecular flexibility index (Phi) is 8.81. The minimum absolute atomic E-state index is 0. The maximum absolute atomic E-state index is 11.9. The lowest BCUT2D eigenvalue weighted by Crippen LogP contribution is -2.32. The molecule has 0 atom stereocenters. The largest absolute Gasteiger partial charge is 0.315 e. The lowest BCUT2D eigenvalue weighted by molar-refractivity contribution is 0.575. The molecule has 0 aromatic heterocycles. The average molecular weight is 358 g/mol. The molecule has 0 saturated carbocycles. The summed E-state index contributed by atoms with van der Waals surface area (Å²) in [4.78, 5) is 0.274. The molecule has 0 fully saturated rings. The molecule has 1 rings (SSSR count). The van der Waals surface area contributed by atoms with Crippen LogP contribution in [0.3, 0.4) is 0 Å². The summed E-state index contributed by atoms with van der Waals surface area (Å²) in [6.07, 6.45) is 1.04. The molecule has 0 bridgehead atoms. The first-order valence-corrected chi connectivity index (χ1v) is 7.80. The highest BCUT2D eigenvalue weighted by molar-refractivity contribution is 9.10. The summed E-state index contributed by atoms with van der Waals surface area (Å²) in [5, 5.41) is 3.14. The van der Waals surface area contributed by atoms with Crippen molar-refractivity contribution in [2.75, 3.05) is 19.6 Å². The maximum Gasteiger partial charge on any atom is 0.241 e. The van der Waals surface area contributed by atoms with E-state index in [-0.39, 0.29) is 17.3 Å². The Morgan fingerprint density at radius 2 is 1.83 bits per heavy atom. The molecule has 1 aromatic carbocycles. The molecule has 0 spiro atoms. The van der Waals surface area contributed by atoms with Crippen molar-refractivity contribution < 1.29 is 8.42 Å². The smallest absolute Gasteiger partial charge is 0.241 e. The Balaban J connectivity index is 0.00000289. The number of sulfonamides is 1. The summed E-state index contributed by atoms with van der Waals surface area (Å²) in [6.45, 7) is 4.00. The highest BCUT2D eigenvalue weighted by Gasteiger charge is 2.15. The summed E-state index contributed by atoms with van der Waals surface area (Å²) in [5.74, 6) is 0. The van der Waals surface area contributed by atoms with Crippen LogP contribution in [0.15, 0.2) is 33.6 Å². The highest BCUT2D eigenvalue weighted by Crippen LogP contribution is 2.20. The van der Waals surface area contributed by atoms with Gasteiger partial charge < -0.3 is 5.32 Å². The van der Waals surface area contributed by atoms with Crippen molar-refractivity contribution in [3.63, 3.8) is 0 Å². The van der Waals surface area contributed by atoms with Gasteiger partial charge in [-0.25, -0.2) is 13.1 Å². The van der Waals surface area contributed by atoms with Crippen LogP contribution in [0.4, 0.5) is 0 Å². The number of rotatable bonds is 7. The number of hydrogen-bond acceptors (Lipinski definition) is 3. The van der Waals surface area contributed by atoms with Crippen LogP contribution in [0.2, 0.25) is 0 Å². The molecule has 0 aliphatic rings. The van der Waals surface area contributed by atoms with E-state index in [0.717, 1.165) is 13.0 Å². The molecule has 0 saturated heterocycles. The van der Waals surface area contributed by atoms with Gasteiger partial charge in [0.25, 0.3) is 0 Å². The molecule has 0 amide bonds. The van der Waals surface area contributed by atoms with E-state index >= 15 is 0 Å². The van der Waals surface area contributed by atoms with Crippen LogP contribution in [0.1, 0.15) is 13.3 Å². The fraction of sp³-hybridized carbons (Fsp3) is 0.455. The van der Waals surface area contributed by atoms with Gasteiger partial charge in [-0.3, -0.25) is 0 Å². The van der Waals surface area contributed by atoms with E-state index in [2.05, 4.69) is 32.9 Å². The molecular formula is C11H18BrClN2O2S. The van der Waals surface area contributed by atoms with Gasteiger partial charge in [-0.1, -0.05) is 19.1 Å². The molecular weight excluding hydrogens is 340 g/mol. The topological polar surface area (TPSA) is 58.2 Å². The molecule has 104 valence electrons. The number of benzene rings is 1. The number of halogens is 2. The number of nitrogens with one attached hydrogen (secondary N) is 2. The van der Waals surface area contributed by atoms with E-state index in [9.17, 15) is 8.42 Å². The van der Waals surface area contributed by atoms with Crippen molar-refractivity contribution in [2.45, 2.75) is 18.2 Å². The molecule has 2 N–H and O–H groups in total. The summed E-state index contributed by atoms with van der Waals surface area (Å²) >= 11 is 3.23. The summed E-state index contributed by atoms with van der Waals surface area (Å²) in [6, 6.07) is 6.77. The van der Waals surface area contributed by atoms with Crippen molar-refractivity contribution in [1.82, 2.24) is 10.0 Å². The first-order valence-electron chi connectivity index (χ1n) is 5.53. The van der Waals surface area contributed by atoms with E-state index in [1.54, 1.807) is 24.3 Å². The van der Waals surface area contributed by atoms with Crippen LogP contribution in [0, 0.1) is 0 Å². The molecule has 7 heteroatoms. The minimum atomic E-state index is -3.42. The van der Waals surface area contributed by atoms with Crippen molar-refractivity contribution >= 4 is 38.4 Å². The molecule has 18 heavy (non-hydrogen) atoms. The third kappa shape index (κ3) is 5.67. The van der Waals surface area contributed by atoms with E-state index in [1.165, 1.54) is 0 Å². The predicted octanol–water partition coefficient (Wildman–Crippen LogP) is 2.15. The quantitative estimate of drug-likeness (QED) is 0.735. The van der Waals surface area contributed by atoms with Gasteiger partial charge in [0.2, 0.25) is 10.0 Å². The lowest BCUT2D eigenvalue weighted by Gasteiger charge is -2.08. The molecule has 0 aliphatic heterocycles. The zero-order chi connectivity index (χ0) is 12.7. The third-order valence-electron chi connectivity index (χ3n) is 2.15. The fourth-order valence-electron chi connectivity index (χ4n) is 1.32. The first kappa shape index (κ1) is 17.9. The SMILES string of the molecule is CCCNCCNS(=O)(=O)c1ccccc1Br.Cl. The van der Waals surface area contributed by atoms with E-state index in [0.29, 0.717) is 17.6 Å². The summed E-state index contributed by atoms with van der Waals surface area (Å²) < 4.78 is 27.0. The average Bonchev–Trinajstić information content (AvgIpc) is 2.29. The Labute approximate surface area is 123 Å². The van der Waals surface area contributed by atoms with Crippen molar-refractivity contribution in [3.05, 3.63) is 28.7 Å². The Morgan fingerprint density at radius 1 is 1.17 bits per heavy atom. The van der Waals surface area contributed by atoms with Gasteiger partial charge in [-0.2, -0.15) is 0 Å². The molecule has 1 aromatic rings. The molecule has 0 radical (unpaired) electrons. The van der Waals surface area contributed by atoms with Crippen LogP contribution >= 0.6 is 28.3 Å². The minimum Gasteiger partial charge on any atom is -0.315 e. The zero-order valence-corrected chi connectivity index (χ0v) is 13.4. The van der Waals surface area contributed by atoms with Crippen LogP contribution in [0.25, 0.3) is 0 Å². The van der Waals surface area contributed by atoms with Gasteiger partial charge >= 0.3 is 0 Å². The normalized spacial score (nSPS) is 11.0. The maximum atomic E-state index is 11.9. The van der Waals surface area contributed by atoms with Gasteiger partial charge in [0.15, 0.2) is 0 Å². The van der Waals surface area contributed by atoms with Gasteiger partial charge in [-0.15, -0.1) is 12.4 Å². The molecule has 0 heterocycles. The van der Waals surface area contributed by atoms with Crippen molar-refractivity contribution in [1.29, 1.82) is 0 Å². The van der Waals surface area contributed by atoms with Crippen molar-refractivity contribution in [3.8, 4) is 0 Å². The van der Waals surface area contributed by atoms with Gasteiger partial charge in [0.1, 0.15) is 0 Å². The van der Waals surface area contributed by atoms with Crippen LogP contribution in [0.5, 0.6) is 0 Å². The highest BCUT2D eigenvalue weighted by atomic mass is 79.9. The Bertz CT molecular complexity index is 454. The zero-order valence-electron chi connectivity index (χ0n) is 10.1. The van der Waals surface area contributed by atoms with Gasteiger partial charge in [0.05, 0.1) is 4.90 Å². The van der Waals surface area contributed by atoms with Crippen molar-refractivity contribution in [2.24, 2.45) is 0 Å². The van der Waals surface area contributed by atoms with Crippen LogP contribution in [-0.2, 0) is 10.0 Å². The second kappa shape index (κ2) is 8.87.